The summed E-state index contributed by atoms with van der Waals surface area (Å²) in [6.45, 7) is 0.588. The van der Waals surface area contributed by atoms with Gasteiger partial charge in [0.1, 0.15) is 5.69 Å². The van der Waals surface area contributed by atoms with Crippen LogP contribution in [0.15, 0.2) is 106 Å². The number of fused-ring (bicyclic) bond motifs is 2. The topological polar surface area (TPSA) is 112 Å². The first kappa shape index (κ1) is 28.6. The number of amides is 1. The lowest BCUT2D eigenvalue weighted by molar-refractivity contribution is -0.137. The number of nitrogens with zero attached hydrogens (tertiary/aromatic N) is 7. The molecule has 3 heterocycles. The van der Waals surface area contributed by atoms with Gasteiger partial charge in [-0.3, -0.25) is 9.78 Å². The normalized spacial score (nSPS) is 12.5. The lowest BCUT2D eigenvalue weighted by Crippen LogP contribution is -2.21. The summed E-state index contributed by atoms with van der Waals surface area (Å²) >= 11 is 1.35. The number of nitriles is 1. The van der Waals surface area contributed by atoms with Crippen molar-refractivity contribution in [1.82, 2.24) is 25.4 Å². The molecule has 6 rings (SSSR count). The second kappa shape index (κ2) is 12.0. The Balaban J connectivity index is 1.27. The van der Waals surface area contributed by atoms with Gasteiger partial charge < -0.3 is 4.90 Å². The molecule has 0 saturated heterocycles. The molecule has 1 aliphatic rings. The number of halogens is 3. The molecule has 1 aliphatic heterocycles. The quantitative estimate of drug-likeness (QED) is 0.173. The number of carbonyl (C=O) groups is 1. The van der Waals surface area contributed by atoms with E-state index in [1.165, 1.54) is 36.4 Å². The van der Waals surface area contributed by atoms with Crippen LogP contribution >= 0.6 is 11.8 Å². The standard InChI is InChI=1S/C31H21F3N8OS/c32-31(33,34)24-6-8-28-27(14-24)42(19-25-18-41(40-38-25)17-21-3-1-20(15-35)2-4-21)26-7-5-22(13-29(26)44-28)16-37-39-30(43)23-9-11-36-12-10-23/h1-14,16,18H,17,19H2,(H,39,43)/b37-16+. The lowest BCUT2D eigenvalue weighted by atomic mass is 10.1. The molecule has 0 radical (unpaired) electrons. The molecule has 0 spiro atoms. The van der Waals surface area contributed by atoms with Gasteiger partial charge in [0, 0.05) is 27.7 Å². The highest BCUT2D eigenvalue weighted by Gasteiger charge is 2.33. The van der Waals surface area contributed by atoms with Crippen LogP contribution in [0.5, 0.6) is 0 Å². The van der Waals surface area contributed by atoms with Crippen molar-refractivity contribution >= 4 is 35.3 Å². The fraction of sp³-hybridized carbons (Fsp3) is 0.0968. The summed E-state index contributed by atoms with van der Waals surface area (Å²) in [4.78, 5) is 19.4. The van der Waals surface area contributed by atoms with Gasteiger partial charge in [-0.15, -0.1) is 5.10 Å². The molecule has 0 aliphatic carbocycles. The van der Waals surface area contributed by atoms with Crippen molar-refractivity contribution in [3.63, 3.8) is 0 Å². The van der Waals surface area contributed by atoms with Crippen LogP contribution in [-0.4, -0.2) is 32.1 Å². The Labute approximate surface area is 253 Å². The molecule has 3 aromatic carbocycles. The Hall–Kier alpha value is -5.48. The minimum absolute atomic E-state index is 0.171. The molecule has 13 heteroatoms. The van der Waals surface area contributed by atoms with Crippen molar-refractivity contribution in [2.24, 2.45) is 5.10 Å². The molecule has 0 unspecified atom stereocenters. The minimum atomic E-state index is -4.50. The highest BCUT2D eigenvalue weighted by Crippen LogP contribution is 2.50. The summed E-state index contributed by atoms with van der Waals surface area (Å²) in [5.41, 5.74) is 5.97. The van der Waals surface area contributed by atoms with Crippen molar-refractivity contribution < 1.29 is 18.0 Å². The van der Waals surface area contributed by atoms with E-state index in [-0.39, 0.29) is 12.5 Å². The molecule has 0 fully saturated rings. The van der Waals surface area contributed by atoms with Crippen molar-refractivity contribution in [2.45, 2.75) is 29.1 Å². The Morgan fingerprint density at radius 3 is 2.52 bits per heavy atom. The Morgan fingerprint density at radius 2 is 1.77 bits per heavy atom. The van der Waals surface area contributed by atoms with E-state index in [4.69, 9.17) is 5.26 Å². The third-order valence-corrected chi connectivity index (χ3v) is 7.84. The Morgan fingerprint density at radius 1 is 0.977 bits per heavy atom. The smallest absolute Gasteiger partial charge is 0.333 e. The van der Waals surface area contributed by atoms with E-state index in [1.807, 2.05) is 18.2 Å². The molecule has 0 bridgehead atoms. The highest BCUT2D eigenvalue weighted by molar-refractivity contribution is 7.99. The number of hydrazone groups is 1. The first-order chi connectivity index (χ1) is 21.3. The molecule has 0 saturated carbocycles. The molecule has 44 heavy (non-hydrogen) atoms. The first-order valence-electron chi connectivity index (χ1n) is 13.2. The second-order valence-electron chi connectivity index (χ2n) is 9.75. The number of anilines is 2. The molecule has 5 aromatic rings. The van der Waals surface area contributed by atoms with Crippen LogP contribution in [0.2, 0.25) is 0 Å². The van der Waals surface area contributed by atoms with Crippen LogP contribution in [0.1, 0.15) is 38.3 Å². The molecular weight excluding hydrogens is 589 g/mol. The van der Waals surface area contributed by atoms with Gasteiger partial charge in [-0.05, 0) is 65.7 Å². The fourth-order valence-corrected chi connectivity index (χ4v) is 5.71. The monoisotopic (exact) mass is 610 g/mol. The van der Waals surface area contributed by atoms with Crippen molar-refractivity contribution in [1.29, 1.82) is 5.26 Å². The largest absolute Gasteiger partial charge is 0.416 e. The molecule has 9 nitrogen and oxygen atoms in total. The van der Waals surface area contributed by atoms with Gasteiger partial charge in [0.25, 0.3) is 5.91 Å². The maximum atomic E-state index is 13.7. The van der Waals surface area contributed by atoms with E-state index in [0.717, 1.165) is 22.6 Å². The summed E-state index contributed by atoms with van der Waals surface area (Å²) in [5.74, 6) is -0.385. The average Bonchev–Trinajstić information content (AvgIpc) is 3.47. The summed E-state index contributed by atoms with van der Waals surface area (Å²) in [6, 6.07) is 21.5. The SMILES string of the molecule is N#Cc1ccc(Cn2cc(CN3c4ccc(/C=N/NC(=O)c5ccncc5)cc4Sc4ccc(C(F)(F)F)cc43)nn2)cc1. The molecule has 2 aromatic heterocycles. The van der Waals surface area contributed by atoms with Crippen molar-refractivity contribution in [3.05, 3.63) is 125 Å². The summed E-state index contributed by atoms with van der Waals surface area (Å²) < 4.78 is 42.7. The highest BCUT2D eigenvalue weighted by atomic mass is 32.2. The van der Waals surface area contributed by atoms with Crippen molar-refractivity contribution in [2.75, 3.05) is 4.90 Å². The van der Waals surface area contributed by atoms with Gasteiger partial charge in [0.05, 0.1) is 54.1 Å². The van der Waals surface area contributed by atoms with Crippen LogP contribution in [0.25, 0.3) is 0 Å². The van der Waals surface area contributed by atoms with Gasteiger partial charge in [0.15, 0.2) is 0 Å². The fourth-order valence-electron chi connectivity index (χ4n) is 4.58. The summed E-state index contributed by atoms with van der Waals surface area (Å²) in [5, 5.41) is 21.6. The van der Waals surface area contributed by atoms with Crippen molar-refractivity contribution in [3.8, 4) is 6.07 Å². The van der Waals surface area contributed by atoms with E-state index in [2.05, 4.69) is 31.9 Å². The van der Waals surface area contributed by atoms with Gasteiger partial charge in [-0.25, -0.2) is 10.1 Å². The lowest BCUT2D eigenvalue weighted by Gasteiger charge is -2.33. The first-order valence-corrected chi connectivity index (χ1v) is 14.0. The number of aromatic nitrogens is 4. The summed E-state index contributed by atoms with van der Waals surface area (Å²) in [6.07, 6.45) is 1.77. The maximum Gasteiger partial charge on any atom is 0.416 e. The zero-order valence-electron chi connectivity index (χ0n) is 22.7. The molecule has 1 N–H and O–H groups in total. The van der Waals surface area contributed by atoms with Gasteiger partial charge in [-0.1, -0.05) is 35.2 Å². The third kappa shape index (κ3) is 6.30. The molecule has 0 atom stereocenters. The number of nitrogens with one attached hydrogen (secondary N) is 1. The Kier molecular flexibility index (Phi) is 7.82. The average molecular weight is 611 g/mol. The zero-order chi connectivity index (χ0) is 30.7. The third-order valence-electron chi connectivity index (χ3n) is 6.73. The maximum absolute atomic E-state index is 13.7. The van der Waals surface area contributed by atoms with Gasteiger partial charge in [-0.2, -0.15) is 23.5 Å². The predicted octanol–water partition coefficient (Wildman–Crippen LogP) is 6.18. The minimum Gasteiger partial charge on any atom is -0.333 e. The number of benzene rings is 3. The summed E-state index contributed by atoms with van der Waals surface area (Å²) in [7, 11) is 0. The zero-order valence-corrected chi connectivity index (χ0v) is 23.5. The van der Waals surface area contributed by atoms with Crippen LogP contribution in [0.3, 0.4) is 0 Å². The van der Waals surface area contributed by atoms with Crippen LogP contribution in [0.4, 0.5) is 24.5 Å². The molecular formula is C31H21F3N8OS. The number of alkyl halides is 3. The number of rotatable bonds is 7. The van der Waals surface area contributed by atoms with Crippen LogP contribution in [0, 0.1) is 11.3 Å². The number of hydrogen-bond acceptors (Lipinski definition) is 8. The van der Waals surface area contributed by atoms with E-state index in [9.17, 15) is 18.0 Å². The van der Waals surface area contributed by atoms with E-state index in [1.54, 1.807) is 52.2 Å². The van der Waals surface area contributed by atoms with E-state index >= 15 is 0 Å². The van der Waals surface area contributed by atoms with E-state index < -0.39 is 11.7 Å². The van der Waals surface area contributed by atoms with Crippen LogP contribution < -0.4 is 10.3 Å². The molecule has 218 valence electrons. The number of pyridine rings is 1. The second-order valence-corrected chi connectivity index (χ2v) is 10.8. The van der Waals surface area contributed by atoms with E-state index in [0.29, 0.717) is 45.2 Å². The number of hydrogen-bond donors (Lipinski definition) is 1. The Bertz CT molecular complexity index is 1900. The van der Waals surface area contributed by atoms with Gasteiger partial charge >= 0.3 is 6.18 Å². The number of carbonyl (C=O) groups excluding carboxylic acids is 1. The van der Waals surface area contributed by atoms with Gasteiger partial charge in [0.2, 0.25) is 0 Å². The molecule has 1 amide bonds. The predicted molar refractivity (Wildman–Crippen MR) is 157 cm³/mol. The van der Waals surface area contributed by atoms with Crippen LogP contribution in [-0.2, 0) is 19.3 Å².